The number of methoxy groups -OCH3 is 1. The fourth-order valence-electron chi connectivity index (χ4n) is 2.11. The molecule has 0 N–H and O–H groups in total. The van der Waals surface area contributed by atoms with Crippen molar-refractivity contribution in [1.82, 2.24) is 0 Å². The number of nitriles is 1. The molecular weight excluding hydrogens is 202 g/mol. The predicted octanol–water partition coefficient (Wildman–Crippen LogP) is 1.95. The Bertz CT molecular complexity index is 458. The fraction of sp³-hybridized carbons (Fsp3) is 0.385. The molecule has 2 unspecified atom stereocenters. The summed E-state index contributed by atoms with van der Waals surface area (Å²) in [6.45, 7) is 1.99. The van der Waals surface area contributed by atoms with Crippen LogP contribution in [0.25, 0.3) is 0 Å². The monoisotopic (exact) mass is 215 g/mol. The number of aryl methyl sites for hydroxylation is 1. The number of rotatable bonds is 2. The number of carbonyl (C=O) groups excluding carboxylic acids is 1. The van der Waals surface area contributed by atoms with E-state index in [0.717, 1.165) is 11.1 Å². The first kappa shape index (κ1) is 10.7. The third-order valence-corrected chi connectivity index (χ3v) is 3.23. The molecule has 0 amide bonds. The van der Waals surface area contributed by atoms with Gasteiger partial charge in [0, 0.05) is 0 Å². The molecule has 0 saturated heterocycles. The van der Waals surface area contributed by atoms with E-state index in [9.17, 15) is 4.79 Å². The smallest absolute Gasteiger partial charge is 0.317 e. The fourth-order valence-corrected chi connectivity index (χ4v) is 2.11. The third-order valence-electron chi connectivity index (χ3n) is 3.23. The number of benzene rings is 1. The van der Waals surface area contributed by atoms with Crippen LogP contribution in [0.15, 0.2) is 24.3 Å². The van der Waals surface area contributed by atoms with Gasteiger partial charge in [0.2, 0.25) is 0 Å². The van der Waals surface area contributed by atoms with Crippen molar-refractivity contribution in [2.24, 2.45) is 5.92 Å². The average molecular weight is 215 g/mol. The Labute approximate surface area is 94.6 Å². The summed E-state index contributed by atoms with van der Waals surface area (Å²) in [5.41, 5.74) is 1.31. The van der Waals surface area contributed by atoms with E-state index in [1.54, 1.807) is 0 Å². The summed E-state index contributed by atoms with van der Waals surface area (Å²) in [7, 11) is 1.37. The lowest BCUT2D eigenvalue weighted by atomic mass is 9.93. The molecule has 0 aliphatic heterocycles. The van der Waals surface area contributed by atoms with E-state index in [1.165, 1.54) is 7.11 Å². The van der Waals surface area contributed by atoms with Crippen molar-refractivity contribution in [3.05, 3.63) is 35.4 Å². The summed E-state index contributed by atoms with van der Waals surface area (Å²) < 4.78 is 4.80. The second kappa shape index (κ2) is 3.64. The lowest BCUT2D eigenvalue weighted by Crippen LogP contribution is -2.24. The van der Waals surface area contributed by atoms with E-state index in [2.05, 4.69) is 6.07 Å². The molecular formula is C13H13NO2. The summed E-state index contributed by atoms with van der Waals surface area (Å²) >= 11 is 0. The molecule has 0 heterocycles. The van der Waals surface area contributed by atoms with Crippen molar-refractivity contribution in [2.45, 2.75) is 18.8 Å². The molecule has 0 aromatic heterocycles. The molecule has 1 aliphatic rings. The first-order valence-electron chi connectivity index (χ1n) is 5.20. The van der Waals surface area contributed by atoms with Gasteiger partial charge in [0.15, 0.2) is 0 Å². The Morgan fingerprint density at radius 2 is 2.12 bits per heavy atom. The molecule has 1 saturated carbocycles. The van der Waals surface area contributed by atoms with Crippen molar-refractivity contribution in [3.8, 4) is 6.07 Å². The van der Waals surface area contributed by atoms with E-state index in [0.29, 0.717) is 6.42 Å². The van der Waals surface area contributed by atoms with E-state index in [-0.39, 0.29) is 11.9 Å². The SMILES string of the molecule is COC(=O)C1(c2ccc(C)cc2)CC1C#N. The molecule has 0 spiro atoms. The second-order valence-electron chi connectivity index (χ2n) is 4.21. The molecule has 3 heteroatoms. The van der Waals surface area contributed by atoms with Crippen molar-refractivity contribution in [3.63, 3.8) is 0 Å². The highest BCUT2D eigenvalue weighted by molar-refractivity contribution is 5.88. The maximum Gasteiger partial charge on any atom is 0.317 e. The van der Waals surface area contributed by atoms with Gasteiger partial charge in [0.25, 0.3) is 0 Å². The van der Waals surface area contributed by atoms with Crippen LogP contribution in [0.2, 0.25) is 0 Å². The van der Waals surface area contributed by atoms with Crippen LogP contribution in [0, 0.1) is 24.2 Å². The van der Waals surface area contributed by atoms with Crippen LogP contribution in [0.1, 0.15) is 17.5 Å². The van der Waals surface area contributed by atoms with E-state index < -0.39 is 5.41 Å². The number of hydrogen-bond acceptors (Lipinski definition) is 3. The molecule has 1 aliphatic carbocycles. The van der Waals surface area contributed by atoms with Crippen LogP contribution in [-0.4, -0.2) is 13.1 Å². The Morgan fingerprint density at radius 3 is 2.56 bits per heavy atom. The minimum Gasteiger partial charge on any atom is -0.468 e. The zero-order valence-electron chi connectivity index (χ0n) is 9.36. The quantitative estimate of drug-likeness (QED) is 0.708. The standard InChI is InChI=1S/C13H13NO2/c1-9-3-5-10(6-4-9)13(12(15)16-2)7-11(13)8-14/h3-6,11H,7H2,1-2H3. The molecule has 1 aromatic carbocycles. The van der Waals surface area contributed by atoms with E-state index in [1.807, 2.05) is 31.2 Å². The maximum atomic E-state index is 11.8. The summed E-state index contributed by atoms with van der Waals surface area (Å²) in [6, 6.07) is 9.87. The van der Waals surface area contributed by atoms with Gasteiger partial charge in [-0.05, 0) is 18.9 Å². The van der Waals surface area contributed by atoms with E-state index in [4.69, 9.17) is 10.00 Å². The van der Waals surface area contributed by atoms with Gasteiger partial charge in [-0.25, -0.2) is 0 Å². The van der Waals surface area contributed by atoms with Crippen LogP contribution < -0.4 is 0 Å². The normalized spacial score (nSPS) is 26.9. The molecule has 1 aromatic rings. The van der Waals surface area contributed by atoms with Crippen LogP contribution >= 0.6 is 0 Å². The minimum atomic E-state index is -0.711. The highest BCUT2D eigenvalue weighted by atomic mass is 16.5. The van der Waals surface area contributed by atoms with Crippen LogP contribution in [-0.2, 0) is 14.9 Å². The Morgan fingerprint density at radius 1 is 1.50 bits per heavy atom. The van der Waals surface area contributed by atoms with Crippen molar-refractivity contribution in [1.29, 1.82) is 5.26 Å². The highest BCUT2D eigenvalue weighted by Crippen LogP contribution is 2.54. The molecule has 16 heavy (non-hydrogen) atoms. The van der Waals surface area contributed by atoms with Crippen LogP contribution in [0.5, 0.6) is 0 Å². The molecule has 1 fully saturated rings. The molecule has 2 atom stereocenters. The van der Waals surface area contributed by atoms with Gasteiger partial charge in [0.1, 0.15) is 5.41 Å². The summed E-state index contributed by atoms with van der Waals surface area (Å²) in [4.78, 5) is 11.8. The molecule has 3 nitrogen and oxygen atoms in total. The van der Waals surface area contributed by atoms with Crippen LogP contribution in [0.3, 0.4) is 0 Å². The minimum absolute atomic E-state index is 0.248. The maximum absolute atomic E-state index is 11.8. The third kappa shape index (κ3) is 1.38. The number of nitrogens with zero attached hydrogens (tertiary/aromatic N) is 1. The van der Waals surface area contributed by atoms with Gasteiger partial charge in [-0.1, -0.05) is 29.8 Å². The lowest BCUT2D eigenvalue weighted by Gasteiger charge is -2.13. The zero-order chi connectivity index (χ0) is 11.8. The first-order valence-corrected chi connectivity index (χ1v) is 5.20. The van der Waals surface area contributed by atoms with E-state index >= 15 is 0 Å². The molecule has 0 radical (unpaired) electrons. The van der Waals surface area contributed by atoms with Gasteiger partial charge < -0.3 is 4.74 Å². The average Bonchev–Trinajstić information content (AvgIpc) is 3.04. The van der Waals surface area contributed by atoms with Gasteiger partial charge in [-0.3, -0.25) is 4.79 Å². The lowest BCUT2D eigenvalue weighted by molar-refractivity contribution is -0.144. The topological polar surface area (TPSA) is 50.1 Å². The van der Waals surface area contributed by atoms with Gasteiger partial charge >= 0.3 is 5.97 Å². The number of ether oxygens (including phenoxy) is 1. The Balaban J connectivity index is 2.40. The van der Waals surface area contributed by atoms with Gasteiger partial charge in [-0.15, -0.1) is 0 Å². The van der Waals surface area contributed by atoms with Crippen LogP contribution in [0.4, 0.5) is 0 Å². The number of carbonyl (C=O) groups is 1. The van der Waals surface area contributed by atoms with Crippen molar-refractivity contribution < 1.29 is 9.53 Å². The van der Waals surface area contributed by atoms with Gasteiger partial charge in [-0.2, -0.15) is 5.26 Å². The molecule has 0 bridgehead atoms. The van der Waals surface area contributed by atoms with Gasteiger partial charge in [0.05, 0.1) is 19.1 Å². The first-order chi connectivity index (χ1) is 7.65. The van der Waals surface area contributed by atoms with Crippen molar-refractivity contribution in [2.75, 3.05) is 7.11 Å². The van der Waals surface area contributed by atoms with Crippen molar-refractivity contribution >= 4 is 5.97 Å². The predicted molar refractivity (Wildman–Crippen MR) is 58.6 cm³/mol. The Hall–Kier alpha value is -1.82. The Kier molecular flexibility index (Phi) is 2.43. The summed E-state index contributed by atoms with van der Waals surface area (Å²) in [5, 5.41) is 8.94. The molecule has 82 valence electrons. The largest absolute Gasteiger partial charge is 0.468 e. The number of hydrogen-bond donors (Lipinski definition) is 0. The highest BCUT2D eigenvalue weighted by Gasteiger charge is 2.62. The second-order valence-corrected chi connectivity index (χ2v) is 4.21. The number of esters is 1. The zero-order valence-corrected chi connectivity index (χ0v) is 9.36. The summed E-state index contributed by atoms with van der Waals surface area (Å²) in [5.74, 6) is -0.550. The molecule has 2 rings (SSSR count). The summed E-state index contributed by atoms with van der Waals surface area (Å²) in [6.07, 6.45) is 0.569.